The number of nitrogens with one attached hydrogen (secondary N) is 1. The predicted molar refractivity (Wildman–Crippen MR) is 63.3 cm³/mol. The van der Waals surface area contributed by atoms with Gasteiger partial charge in [-0.1, -0.05) is 12.1 Å². The second-order valence-corrected chi connectivity index (χ2v) is 3.74. The number of benzene rings is 1. The molecule has 0 aliphatic carbocycles. The molecule has 0 heterocycles. The molecular formula is C12H18N2O2. The first-order chi connectivity index (χ1) is 7.59. The van der Waals surface area contributed by atoms with Crippen LogP contribution in [0.15, 0.2) is 24.3 Å². The van der Waals surface area contributed by atoms with E-state index in [0.717, 1.165) is 11.3 Å². The van der Waals surface area contributed by atoms with Crippen molar-refractivity contribution in [3.63, 3.8) is 0 Å². The molecule has 3 N–H and O–H groups in total. The third kappa shape index (κ3) is 4.31. The summed E-state index contributed by atoms with van der Waals surface area (Å²) in [5, 5.41) is 2.97. The molecule has 0 saturated heterocycles. The molecule has 0 aliphatic heterocycles. The van der Waals surface area contributed by atoms with Crippen molar-refractivity contribution in [2.45, 2.75) is 19.9 Å². The van der Waals surface area contributed by atoms with Crippen LogP contribution in [0.2, 0.25) is 0 Å². The minimum Gasteiger partial charge on any atom is -0.492 e. The van der Waals surface area contributed by atoms with Gasteiger partial charge in [0.25, 0.3) is 0 Å². The molecule has 1 aromatic carbocycles. The fourth-order valence-corrected chi connectivity index (χ4v) is 1.25. The minimum atomic E-state index is -0.351. The van der Waals surface area contributed by atoms with Crippen molar-refractivity contribution in [2.75, 3.05) is 13.2 Å². The van der Waals surface area contributed by atoms with E-state index < -0.39 is 0 Å². The number of carbonyl (C=O) groups excluding carboxylic acids is 1. The van der Waals surface area contributed by atoms with Crippen LogP contribution in [-0.4, -0.2) is 25.1 Å². The van der Waals surface area contributed by atoms with Crippen molar-refractivity contribution in [1.82, 2.24) is 5.32 Å². The molecule has 4 heteroatoms. The molecule has 0 fully saturated rings. The van der Waals surface area contributed by atoms with Crippen molar-refractivity contribution in [3.05, 3.63) is 29.8 Å². The smallest absolute Gasteiger partial charge is 0.234 e. The number of rotatable bonds is 6. The molecule has 1 amide bonds. The lowest BCUT2D eigenvalue weighted by Gasteiger charge is -2.11. The van der Waals surface area contributed by atoms with Crippen LogP contribution in [0, 0.1) is 6.92 Å². The standard InChI is InChI=1S/C12H18N2O2/c1-9-4-3-5-11(8-9)16-7-6-14-10(2)12(13)15/h3-5,8,10,14H,6-7H2,1-2H3,(H2,13,15). The van der Waals surface area contributed by atoms with E-state index >= 15 is 0 Å². The van der Waals surface area contributed by atoms with Crippen LogP contribution in [0.1, 0.15) is 12.5 Å². The molecule has 0 bridgehead atoms. The zero-order chi connectivity index (χ0) is 12.0. The third-order valence-corrected chi connectivity index (χ3v) is 2.24. The lowest BCUT2D eigenvalue weighted by molar-refractivity contribution is -0.119. The average molecular weight is 222 g/mol. The topological polar surface area (TPSA) is 64.3 Å². The molecule has 16 heavy (non-hydrogen) atoms. The Labute approximate surface area is 95.8 Å². The second-order valence-electron chi connectivity index (χ2n) is 3.74. The van der Waals surface area contributed by atoms with Gasteiger partial charge in [0.1, 0.15) is 12.4 Å². The summed E-state index contributed by atoms with van der Waals surface area (Å²) in [5.74, 6) is 0.490. The Balaban J connectivity index is 2.23. The molecule has 1 rings (SSSR count). The highest BCUT2D eigenvalue weighted by molar-refractivity contribution is 5.79. The van der Waals surface area contributed by atoms with Gasteiger partial charge >= 0.3 is 0 Å². The van der Waals surface area contributed by atoms with E-state index in [4.69, 9.17) is 10.5 Å². The quantitative estimate of drug-likeness (QED) is 0.701. The lowest BCUT2D eigenvalue weighted by atomic mass is 10.2. The molecule has 4 nitrogen and oxygen atoms in total. The van der Waals surface area contributed by atoms with Crippen LogP contribution in [0.25, 0.3) is 0 Å². The van der Waals surface area contributed by atoms with Gasteiger partial charge in [0.2, 0.25) is 5.91 Å². The molecule has 0 aliphatic rings. The van der Waals surface area contributed by atoms with E-state index in [9.17, 15) is 4.79 Å². The van der Waals surface area contributed by atoms with Gasteiger partial charge in [0.05, 0.1) is 6.04 Å². The second kappa shape index (κ2) is 6.12. The van der Waals surface area contributed by atoms with Gasteiger partial charge < -0.3 is 15.8 Å². The normalized spacial score (nSPS) is 12.1. The molecule has 0 aromatic heterocycles. The minimum absolute atomic E-state index is 0.318. The number of ether oxygens (including phenoxy) is 1. The fourth-order valence-electron chi connectivity index (χ4n) is 1.25. The first kappa shape index (κ1) is 12.5. The summed E-state index contributed by atoms with van der Waals surface area (Å²) >= 11 is 0. The lowest BCUT2D eigenvalue weighted by Crippen LogP contribution is -2.40. The molecular weight excluding hydrogens is 204 g/mol. The number of hydrogen-bond donors (Lipinski definition) is 2. The molecule has 0 saturated carbocycles. The molecule has 0 radical (unpaired) electrons. The van der Waals surface area contributed by atoms with Gasteiger partial charge in [0.15, 0.2) is 0 Å². The van der Waals surface area contributed by atoms with Crippen molar-refractivity contribution in [2.24, 2.45) is 5.73 Å². The van der Waals surface area contributed by atoms with Crippen LogP contribution in [0.3, 0.4) is 0 Å². The summed E-state index contributed by atoms with van der Waals surface area (Å²) in [4.78, 5) is 10.7. The van der Waals surface area contributed by atoms with E-state index in [1.807, 2.05) is 31.2 Å². The van der Waals surface area contributed by atoms with Crippen LogP contribution in [0.4, 0.5) is 0 Å². The van der Waals surface area contributed by atoms with Crippen molar-refractivity contribution >= 4 is 5.91 Å². The summed E-state index contributed by atoms with van der Waals surface area (Å²) < 4.78 is 5.50. The van der Waals surface area contributed by atoms with Crippen LogP contribution < -0.4 is 15.8 Å². The maximum Gasteiger partial charge on any atom is 0.234 e. The largest absolute Gasteiger partial charge is 0.492 e. The molecule has 88 valence electrons. The van der Waals surface area contributed by atoms with Gasteiger partial charge in [-0.25, -0.2) is 0 Å². The fraction of sp³-hybridized carbons (Fsp3) is 0.417. The Morgan fingerprint density at radius 3 is 2.94 bits per heavy atom. The van der Waals surface area contributed by atoms with Gasteiger partial charge in [-0.15, -0.1) is 0 Å². The summed E-state index contributed by atoms with van der Waals surface area (Å²) in [6.45, 7) is 4.86. The van der Waals surface area contributed by atoms with E-state index in [-0.39, 0.29) is 11.9 Å². The maximum absolute atomic E-state index is 10.7. The average Bonchev–Trinajstić information content (AvgIpc) is 2.24. The van der Waals surface area contributed by atoms with Crippen LogP contribution in [0.5, 0.6) is 5.75 Å². The summed E-state index contributed by atoms with van der Waals surface area (Å²) in [7, 11) is 0. The monoisotopic (exact) mass is 222 g/mol. The number of amides is 1. The summed E-state index contributed by atoms with van der Waals surface area (Å²) in [6.07, 6.45) is 0. The Hall–Kier alpha value is -1.55. The Morgan fingerprint density at radius 2 is 2.31 bits per heavy atom. The van der Waals surface area contributed by atoms with Gasteiger partial charge in [-0.05, 0) is 31.5 Å². The Morgan fingerprint density at radius 1 is 1.56 bits per heavy atom. The summed E-state index contributed by atoms with van der Waals surface area (Å²) in [5.41, 5.74) is 6.27. The first-order valence-corrected chi connectivity index (χ1v) is 5.32. The molecule has 1 atom stereocenters. The van der Waals surface area contributed by atoms with Crippen molar-refractivity contribution in [3.8, 4) is 5.75 Å². The Kier molecular flexibility index (Phi) is 4.79. The first-order valence-electron chi connectivity index (χ1n) is 5.32. The van der Waals surface area contributed by atoms with Gasteiger partial charge in [-0.2, -0.15) is 0 Å². The van der Waals surface area contributed by atoms with Crippen molar-refractivity contribution in [1.29, 1.82) is 0 Å². The SMILES string of the molecule is Cc1cccc(OCCNC(C)C(N)=O)c1. The molecule has 1 unspecified atom stereocenters. The number of primary amides is 1. The highest BCUT2D eigenvalue weighted by atomic mass is 16.5. The van der Waals surface area contributed by atoms with E-state index in [0.29, 0.717) is 13.2 Å². The number of aryl methyl sites for hydroxylation is 1. The van der Waals surface area contributed by atoms with Gasteiger partial charge in [-0.3, -0.25) is 4.79 Å². The van der Waals surface area contributed by atoms with Crippen molar-refractivity contribution < 1.29 is 9.53 Å². The third-order valence-electron chi connectivity index (χ3n) is 2.24. The predicted octanol–water partition coefficient (Wildman–Crippen LogP) is 0.837. The zero-order valence-corrected chi connectivity index (χ0v) is 9.69. The highest BCUT2D eigenvalue weighted by Gasteiger charge is 2.06. The highest BCUT2D eigenvalue weighted by Crippen LogP contribution is 2.11. The number of carbonyl (C=O) groups is 1. The van der Waals surface area contributed by atoms with Crippen LogP contribution >= 0.6 is 0 Å². The van der Waals surface area contributed by atoms with E-state index in [2.05, 4.69) is 5.32 Å². The van der Waals surface area contributed by atoms with E-state index in [1.54, 1.807) is 6.92 Å². The molecule has 1 aromatic rings. The zero-order valence-electron chi connectivity index (χ0n) is 9.69. The number of nitrogens with two attached hydrogens (primary N) is 1. The summed E-state index contributed by atoms with van der Waals surface area (Å²) in [6, 6.07) is 7.52. The van der Waals surface area contributed by atoms with Gasteiger partial charge in [0, 0.05) is 6.54 Å². The number of hydrogen-bond acceptors (Lipinski definition) is 3. The Bertz CT molecular complexity index is 353. The maximum atomic E-state index is 10.7. The molecule has 0 spiro atoms. The van der Waals surface area contributed by atoms with E-state index in [1.165, 1.54) is 0 Å². The van der Waals surface area contributed by atoms with Crippen LogP contribution in [-0.2, 0) is 4.79 Å².